The summed E-state index contributed by atoms with van der Waals surface area (Å²) >= 11 is 11.9. The Kier molecular flexibility index (Phi) is 5.71. The lowest BCUT2D eigenvalue weighted by Crippen LogP contribution is -2.40. The van der Waals surface area contributed by atoms with Crippen molar-refractivity contribution in [3.63, 3.8) is 0 Å². The number of nitrogens with zero attached hydrogens (tertiary/aromatic N) is 2. The van der Waals surface area contributed by atoms with Crippen LogP contribution in [-0.2, 0) is 9.59 Å². The number of amides is 2. The Morgan fingerprint density at radius 1 is 1.27 bits per heavy atom. The Labute approximate surface area is 183 Å². The lowest BCUT2D eigenvalue weighted by Gasteiger charge is -2.32. The number of carbonyl (C=O) groups is 2. The molecule has 2 aliphatic rings. The zero-order valence-electron chi connectivity index (χ0n) is 16.3. The number of benzene rings is 1. The summed E-state index contributed by atoms with van der Waals surface area (Å²) in [6.07, 6.45) is 1.98. The van der Waals surface area contributed by atoms with Crippen molar-refractivity contribution in [2.75, 3.05) is 28.6 Å². The molecule has 4 rings (SSSR count). The maximum absolute atomic E-state index is 12.9. The minimum absolute atomic E-state index is 0.137. The standard InChI is InChI=1S/C20H21Cl2N5O3/c1-10-3-2-6-27(9-10)20-25-17-16(19(30)26-20)12(8-15(28)24-17)18(29)23-11-4-5-13(21)14(22)7-11/h4-5,7,10,12H,2-3,6,8-9H2,1H3,(H,23,29)(H2,24,25,26,28,30)/t10-,12-/m1/s1. The number of nitrogens with one attached hydrogen (secondary N) is 3. The van der Waals surface area contributed by atoms with Gasteiger partial charge < -0.3 is 15.5 Å². The van der Waals surface area contributed by atoms with Gasteiger partial charge in [0.1, 0.15) is 5.82 Å². The summed E-state index contributed by atoms with van der Waals surface area (Å²) in [7, 11) is 0. The van der Waals surface area contributed by atoms with Gasteiger partial charge in [-0.3, -0.25) is 19.4 Å². The summed E-state index contributed by atoms with van der Waals surface area (Å²) in [4.78, 5) is 47.3. The second-order valence-corrected chi connectivity index (χ2v) is 8.58. The number of fused-ring (bicyclic) bond motifs is 1. The molecule has 1 aromatic carbocycles. The summed E-state index contributed by atoms with van der Waals surface area (Å²) in [5, 5.41) is 5.99. The van der Waals surface area contributed by atoms with Gasteiger partial charge in [0, 0.05) is 25.2 Å². The first-order valence-electron chi connectivity index (χ1n) is 9.76. The van der Waals surface area contributed by atoms with Crippen molar-refractivity contribution in [1.82, 2.24) is 9.97 Å². The number of carbonyl (C=O) groups excluding carboxylic acids is 2. The van der Waals surface area contributed by atoms with Crippen molar-refractivity contribution >= 4 is 52.5 Å². The van der Waals surface area contributed by atoms with Gasteiger partial charge in [0.05, 0.1) is 21.5 Å². The number of aromatic amines is 1. The molecule has 3 heterocycles. The molecule has 2 amide bonds. The van der Waals surface area contributed by atoms with E-state index < -0.39 is 17.4 Å². The molecule has 1 fully saturated rings. The van der Waals surface area contributed by atoms with Crippen LogP contribution in [0.2, 0.25) is 10.0 Å². The second kappa shape index (κ2) is 8.28. The highest BCUT2D eigenvalue weighted by Crippen LogP contribution is 2.32. The van der Waals surface area contributed by atoms with Crippen LogP contribution in [0.5, 0.6) is 0 Å². The highest BCUT2D eigenvalue weighted by atomic mass is 35.5. The third kappa shape index (κ3) is 4.15. The molecule has 2 atom stereocenters. The zero-order chi connectivity index (χ0) is 21.4. The van der Waals surface area contributed by atoms with Crippen molar-refractivity contribution in [1.29, 1.82) is 0 Å². The summed E-state index contributed by atoms with van der Waals surface area (Å²) in [5.74, 6) is -0.786. The molecule has 0 aliphatic carbocycles. The minimum Gasteiger partial charge on any atom is -0.342 e. The zero-order valence-corrected chi connectivity index (χ0v) is 17.8. The van der Waals surface area contributed by atoms with E-state index >= 15 is 0 Å². The topological polar surface area (TPSA) is 107 Å². The van der Waals surface area contributed by atoms with Crippen molar-refractivity contribution in [2.45, 2.75) is 32.1 Å². The maximum Gasteiger partial charge on any atom is 0.258 e. The van der Waals surface area contributed by atoms with Crippen LogP contribution in [0.4, 0.5) is 17.5 Å². The van der Waals surface area contributed by atoms with Gasteiger partial charge in [0.15, 0.2) is 0 Å². The Bertz CT molecular complexity index is 1070. The molecule has 30 heavy (non-hydrogen) atoms. The van der Waals surface area contributed by atoms with Gasteiger partial charge in [0.2, 0.25) is 17.8 Å². The lowest BCUT2D eigenvalue weighted by molar-refractivity contribution is -0.123. The molecule has 8 nitrogen and oxygen atoms in total. The predicted octanol–water partition coefficient (Wildman–Crippen LogP) is 3.38. The van der Waals surface area contributed by atoms with E-state index in [0.717, 1.165) is 25.9 Å². The van der Waals surface area contributed by atoms with Gasteiger partial charge in [-0.1, -0.05) is 30.1 Å². The van der Waals surface area contributed by atoms with Gasteiger partial charge in [0.25, 0.3) is 5.56 Å². The minimum atomic E-state index is -0.964. The van der Waals surface area contributed by atoms with Crippen LogP contribution < -0.4 is 21.1 Å². The molecule has 0 radical (unpaired) electrons. The molecule has 0 unspecified atom stereocenters. The van der Waals surface area contributed by atoms with Crippen LogP contribution in [0.25, 0.3) is 0 Å². The van der Waals surface area contributed by atoms with Gasteiger partial charge in [-0.2, -0.15) is 4.98 Å². The number of anilines is 3. The van der Waals surface area contributed by atoms with Crippen LogP contribution in [0.3, 0.4) is 0 Å². The first-order chi connectivity index (χ1) is 14.3. The van der Waals surface area contributed by atoms with E-state index in [2.05, 4.69) is 27.5 Å². The largest absolute Gasteiger partial charge is 0.342 e. The molecule has 10 heteroatoms. The Morgan fingerprint density at radius 3 is 2.80 bits per heavy atom. The SMILES string of the molecule is C[C@@H]1CCCN(c2nc3c(c(=O)[nH]2)[C@H](C(=O)Nc2ccc(Cl)c(Cl)c2)CC(=O)N3)C1. The fourth-order valence-corrected chi connectivity index (χ4v) is 4.22. The number of halogens is 2. The van der Waals surface area contributed by atoms with Gasteiger partial charge in [-0.05, 0) is 37.0 Å². The van der Waals surface area contributed by atoms with E-state index in [9.17, 15) is 14.4 Å². The summed E-state index contributed by atoms with van der Waals surface area (Å²) in [6, 6.07) is 4.66. The molecular formula is C20H21Cl2N5O3. The average Bonchev–Trinajstić information content (AvgIpc) is 2.69. The van der Waals surface area contributed by atoms with Gasteiger partial charge in [-0.15, -0.1) is 0 Å². The maximum atomic E-state index is 12.9. The number of H-pyrrole nitrogens is 1. The Hall–Kier alpha value is -2.58. The van der Waals surface area contributed by atoms with E-state index in [1.165, 1.54) is 6.07 Å². The van der Waals surface area contributed by atoms with Crippen molar-refractivity contribution < 1.29 is 9.59 Å². The number of hydrogen-bond acceptors (Lipinski definition) is 5. The third-order valence-corrected chi connectivity index (χ3v) is 6.14. The van der Waals surface area contributed by atoms with E-state index in [4.69, 9.17) is 23.2 Å². The molecule has 1 saturated heterocycles. The molecule has 158 valence electrons. The number of aromatic nitrogens is 2. The molecule has 3 N–H and O–H groups in total. The summed E-state index contributed by atoms with van der Waals surface area (Å²) in [6.45, 7) is 3.70. The van der Waals surface area contributed by atoms with Crippen LogP contribution in [0.15, 0.2) is 23.0 Å². The van der Waals surface area contributed by atoms with Crippen molar-refractivity contribution in [3.05, 3.63) is 44.2 Å². The Balaban J connectivity index is 1.64. The van der Waals surface area contributed by atoms with E-state index in [-0.39, 0.29) is 28.7 Å². The first-order valence-corrected chi connectivity index (χ1v) is 10.5. The number of hydrogen-bond donors (Lipinski definition) is 3. The number of rotatable bonds is 3. The predicted molar refractivity (Wildman–Crippen MR) is 117 cm³/mol. The van der Waals surface area contributed by atoms with Crippen LogP contribution in [0.1, 0.15) is 37.7 Å². The second-order valence-electron chi connectivity index (χ2n) is 7.77. The molecule has 1 aromatic heterocycles. The molecule has 2 aromatic rings. The molecule has 0 bridgehead atoms. The monoisotopic (exact) mass is 449 g/mol. The van der Waals surface area contributed by atoms with Gasteiger partial charge in [-0.25, -0.2) is 0 Å². The van der Waals surface area contributed by atoms with E-state index in [0.29, 0.717) is 22.6 Å². The molecular weight excluding hydrogens is 429 g/mol. The molecule has 0 saturated carbocycles. The highest BCUT2D eigenvalue weighted by molar-refractivity contribution is 6.42. The van der Waals surface area contributed by atoms with Crippen LogP contribution in [-0.4, -0.2) is 34.9 Å². The van der Waals surface area contributed by atoms with E-state index in [1.807, 2.05) is 4.90 Å². The summed E-state index contributed by atoms with van der Waals surface area (Å²) in [5.41, 5.74) is 0.147. The third-order valence-electron chi connectivity index (χ3n) is 5.40. The average molecular weight is 450 g/mol. The smallest absolute Gasteiger partial charge is 0.258 e. The van der Waals surface area contributed by atoms with Crippen molar-refractivity contribution in [3.8, 4) is 0 Å². The van der Waals surface area contributed by atoms with Crippen LogP contribution in [0, 0.1) is 5.92 Å². The summed E-state index contributed by atoms with van der Waals surface area (Å²) < 4.78 is 0. The van der Waals surface area contributed by atoms with Crippen LogP contribution >= 0.6 is 23.2 Å². The molecule has 2 aliphatic heterocycles. The lowest BCUT2D eigenvalue weighted by atomic mass is 9.92. The quantitative estimate of drug-likeness (QED) is 0.665. The first kappa shape index (κ1) is 20.7. The number of piperidine rings is 1. The Morgan fingerprint density at radius 2 is 2.07 bits per heavy atom. The molecule has 0 spiro atoms. The highest BCUT2D eigenvalue weighted by Gasteiger charge is 2.35. The fraction of sp³-hybridized carbons (Fsp3) is 0.400. The fourth-order valence-electron chi connectivity index (χ4n) is 3.92. The van der Waals surface area contributed by atoms with Crippen molar-refractivity contribution in [2.24, 2.45) is 5.92 Å². The van der Waals surface area contributed by atoms with E-state index in [1.54, 1.807) is 12.1 Å². The normalized spacial score (nSPS) is 21.0. The van der Waals surface area contributed by atoms with Gasteiger partial charge >= 0.3 is 0 Å².